The summed E-state index contributed by atoms with van der Waals surface area (Å²) < 4.78 is 20.1. The molecule has 14 heteroatoms. The van der Waals surface area contributed by atoms with Gasteiger partial charge in [-0.25, -0.2) is 4.98 Å². The Hall–Kier alpha value is -4.22. The van der Waals surface area contributed by atoms with Gasteiger partial charge in [0.05, 0.1) is 16.1 Å². The van der Waals surface area contributed by atoms with Crippen molar-refractivity contribution >= 4 is 40.0 Å². The van der Waals surface area contributed by atoms with Crippen LogP contribution in [0.3, 0.4) is 0 Å². The molecule has 2 aliphatic heterocycles. The van der Waals surface area contributed by atoms with Gasteiger partial charge in [0.2, 0.25) is 0 Å². The fraction of sp³-hybridized carbons (Fsp3) is 0.366. The van der Waals surface area contributed by atoms with E-state index in [1.165, 1.54) is 12.1 Å². The van der Waals surface area contributed by atoms with Gasteiger partial charge >= 0.3 is 297 Å². The van der Waals surface area contributed by atoms with E-state index < -0.39 is 51.2 Å². The van der Waals surface area contributed by atoms with Gasteiger partial charge < -0.3 is 0 Å². The SMILES string of the molecule is Cc1ncsc1-c1ccc(CNC(=O)[C@@H]2C[C@@H](O)CN2C(=O)[C@@H](N[I-]N(C)Cc2ccc(-c3[nH]c4cc(F)cc5c4c3CCNC5=O)cc2)C(C)(C)C)cc1. The molecule has 1 saturated heterocycles. The van der Waals surface area contributed by atoms with Crippen molar-refractivity contribution < 1.29 is 45.6 Å². The molecule has 0 aliphatic carbocycles. The van der Waals surface area contributed by atoms with Crippen LogP contribution in [0.25, 0.3) is 32.6 Å². The summed E-state index contributed by atoms with van der Waals surface area (Å²) in [6.45, 7) is 9.55. The predicted molar refractivity (Wildman–Crippen MR) is 208 cm³/mol. The molecule has 7 rings (SSSR count). The summed E-state index contributed by atoms with van der Waals surface area (Å²) in [5.74, 6) is -1.19. The zero-order valence-electron chi connectivity index (χ0n) is 31.5. The van der Waals surface area contributed by atoms with Gasteiger partial charge in [-0.05, 0) is 6.92 Å². The van der Waals surface area contributed by atoms with Crippen molar-refractivity contribution in [2.75, 3.05) is 20.1 Å². The number of nitrogens with one attached hydrogen (secondary N) is 4. The number of amides is 3. The monoisotopic (exact) mass is 878 g/mol. The first-order chi connectivity index (χ1) is 26.3. The summed E-state index contributed by atoms with van der Waals surface area (Å²) in [6.07, 6.45) is 0.0484. The molecule has 3 aromatic carbocycles. The normalized spacial score (nSPS) is 17.8. The number of rotatable bonds is 11. The van der Waals surface area contributed by atoms with Crippen LogP contribution < -0.4 is 35.9 Å². The second-order valence-corrected chi connectivity index (χ2v) is 19.0. The first kappa shape index (κ1) is 39.0. The number of hydrogen-bond acceptors (Lipinski definition) is 8. The second-order valence-electron chi connectivity index (χ2n) is 15.4. The number of carbonyl (C=O) groups excluding carboxylic acids is 3. The van der Waals surface area contributed by atoms with Gasteiger partial charge in [0.25, 0.3) is 0 Å². The maximum absolute atomic E-state index is 14.4. The molecule has 11 nitrogen and oxygen atoms in total. The summed E-state index contributed by atoms with van der Waals surface area (Å²) in [4.78, 5) is 50.6. The fourth-order valence-corrected chi connectivity index (χ4v) is 10.7. The molecular formula is C41H46FIN7O4S-. The first-order valence-corrected chi connectivity index (χ1v) is 21.3. The Balaban J connectivity index is 0.972. The van der Waals surface area contributed by atoms with Crippen LogP contribution in [-0.2, 0) is 29.1 Å². The fourth-order valence-electron chi connectivity index (χ4n) is 7.34. The topological polar surface area (TPSA) is 143 Å². The van der Waals surface area contributed by atoms with E-state index >= 15 is 0 Å². The molecule has 0 radical (unpaired) electrons. The van der Waals surface area contributed by atoms with E-state index in [9.17, 15) is 23.9 Å². The molecule has 0 spiro atoms. The number of aliphatic hydroxyl groups excluding tert-OH is 1. The van der Waals surface area contributed by atoms with Gasteiger partial charge in [-0.15, -0.1) is 11.3 Å². The number of nitrogens with zero attached hydrogens (tertiary/aromatic N) is 3. The minimum absolute atomic E-state index is 0.107. The van der Waals surface area contributed by atoms with Crippen molar-refractivity contribution in [3.8, 4) is 21.7 Å². The van der Waals surface area contributed by atoms with Crippen LogP contribution in [0.5, 0.6) is 0 Å². The summed E-state index contributed by atoms with van der Waals surface area (Å²) in [7, 11) is 2.02. The second kappa shape index (κ2) is 16.1. The Morgan fingerprint density at radius 2 is 1.82 bits per heavy atom. The first-order valence-electron chi connectivity index (χ1n) is 18.3. The number of β-amino-alcohol motifs (C(OH)–C–C–N with tert-alkyl or cyclic N) is 1. The molecule has 5 N–H and O–H groups in total. The number of halogens is 2. The van der Waals surface area contributed by atoms with Gasteiger partial charge in [0.15, 0.2) is 0 Å². The molecule has 3 atom stereocenters. The quantitative estimate of drug-likeness (QED) is 0.101. The standard InChI is InChI=1S/C41H46FIN7O4S/c1-23-36(55-22-46-23)27-12-6-24(7-13-27)19-45-39(53)33-18-29(51)21-50(33)40(54)37(41(2,3)4)48-43-49(5)20-25-8-10-26(11-9-25)35-30-14-15-44-38(52)31-16-28(42)17-32(47-35)34(30)31/h6-13,16-17,22,29,33,37,47-48,51H,14-15,18-21H2,1-5H3,(H,44,52)(H,45,53)/q-1/t29-,33+,37-/m1/s1. The Labute approximate surface area is 335 Å². The van der Waals surface area contributed by atoms with Crippen molar-refractivity contribution in [1.29, 1.82) is 0 Å². The number of carbonyl (C=O) groups is 3. The van der Waals surface area contributed by atoms with Crippen molar-refractivity contribution in [3.05, 3.63) is 99.9 Å². The molecule has 290 valence electrons. The molecule has 2 aliphatic rings. The average Bonchev–Trinajstić information content (AvgIpc) is 3.83. The van der Waals surface area contributed by atoms with E-state index in [-0.39, 0.29) is 30.7 Å². The van der Waals surface area contributed by atoms with Crippen molar-refractivity contribution in [1.82, 2.24) is 32.1 Å². The van der Waals surface area contributed by atoms with E-state index in [4.69, 9.17) is 0 Å². The Bertz CT molecular complexity index is 2220. The number of hydrogen-bond donors (Lipinski definition) is 5. The van der Waals surface area contributed by atoms with Crippen LogP contribution in [0.2, 0.25) is 0 Å². The molecular weight excluding hydrogens is 832 g/mol. The third kappa shape index (κ3) is 8.48. The number of aromatic nitrogens is 2. The molecule has 1 fully saturated rings. The summed E-state index contributed by atoms with van der Waals surface area (Å²) in [5, 5.41) is 17.3. The zero-order valence-corrected chi connectivity index (χ0v) is 34.5. The third-order valence-corrected chi connectivity index (χ3v) is 13.3. The molecule has 0 unspecified atom stereocenters. The molecule has 55 heavy (non-hydrogen) atoms. The van der Waals surface area contributed by atoms with Crippen LogP contribution in [-0.4, -0.2) is 79.1 Å². The van der Waals surface area contributed by atoms with Crippen LogP contribution >= 0.6 is 11.3 Å². The Kier molecular flexibility index (Phi) is 11.4. The van der Waals surface area contributed by atoms with Gasteiger partial charge in [-0.2, -0.15) is 0 Å². The Morgan fingerprint density at radius 3 is 2.51 bits per heavy atom. The van der Waals surface area contributed by atoms with E-state index in [0.717, 1.165) is 49.5 Å². The average molecular weight is 879 g/mol. The van der Waals surface area contributed by atoms with E-state index in [2.05, 4.69) is 39.4 Å². The predicted octanol–water partition coefficient (Wildman–Crippen LogP) is 2.33. The number of aryl methyl sites for hydroxylation is 1. The van der Waals surface area contributed by atoms with Crippen LogP contribution in [0.1, 0.15) is 59.9 Å². The molecule has 2 aromatic heterocycles. The van der Waals surface area contributed by atoms with Gasteiger partial charge in [0, 0.05) is 0 Å². The van der Waals surface area contributed by atoms with E-state index in [1.807, 2.05) is 76.7 Å². The minimum atomic E-state index is -0.810. The number of aliphatic hydroxyl groups is 1. The molecule has 0 bridgehead atoms. The number of benzene rings is 3. The number of thiazole rings is 1. The van der Waals surface area contributed by atoms with Gasteiger partial charge in [0.1, 0.15) is 0 Å². The van der Waals surface area contributed by atoms with Gasteiger partial charge in [-0.3, -0.25) is 0 Å². The molecule has 0 saturated carbocycles. The van der Waals surface area contributed by atoms with Gasteiger partial charge in [-0.1, -0.05) is 0 Å². The third-order valence-electron chi connectivity index (χ3n) is 10.2. The number of H-pyrrole nitrogens is 1. The zero-order chi connectivity index (χ0) is 39.0. The Morgan fingerprint density at radius 1 is 1.11 bits per heavy atom. The number of likely N-dealkylation sites (tertiary alicyclic amines) is 1. The molecule has 3 amide bonds. The van der Waals surface area contributed by atoms with Crippen LogP contribution in [0.15, 0.2) is 66.2 Å². The summed E-state index contributed by atoms with van der Waals surface area (Å²) in [6, 6.07) is 17.6. The van der Waals surface area contributed by atoms with Crippen LogP contribution in [0.4, 0.5) is 4.39 Å². The maximum atomic E-state index is 14.4. The van der Waals surface area contributed by atoms with Crippen molar-refractivity contribution in [3.63, 3.8) is 0 Å². The molecule has 4 heterocycles. The van der Waals surface area contributed by atoms with E-state index in [1.54, 1.807) is 16.2 Å². The molecule has 5 aromatic rings. The van der Waals surface area contributed by atoms with Crippen LogP contribution in [0, 0.1) is 18.2 Å². The number of aromatic amines is 1. The summed E-state index contributed by atoms with van der Waals surface area (Å²) in [5.41, 5.74) is 9.27. The van der Waals surface area contributed by atoms with Crippen molar-refractivity contribution in [2.24, 2.45) is 5.41 Å². The van der Waals surface area contributed by atoms with E-state index in [0.29, 0.717) is 37.1 Å². The summed E-state index contributed by atoms with van der Waals surface area (Å²) >= 11 is 0.783. The van der Waals surface area contributed by atoms with Crippen molar-refractivity contribution in [2.45, 2.75) is 71.8 Å².